The van der Waals surface area contributed by atoms with Crippen molar-refractivity contribution in [1.29, 1.82) is 0 Å². The van der Waals surface area contributed by atoms with E-state index in [0.29, 0.717) is 24.5 Å². The van der Waals surface area contributed by atoms with Crippen molar-refractivity contribution in [2.45, 2.75) is 45.1 Å². The van der Waals surface area contributed by atoms with Crippen molar-refractivity contribution in [2.24, 2.45) is 11.8 Å². The molecule has 1 aliphatic carbocycles. The maximum atomic E-state index is 11.7. The number of hydrogen-bond donors (Lipinski definition) is 2. The molecule has 0 unspecified atom stereocenters. The molecule has 116 valence electrons. The topological polar surface area (TPSA) is 50.4 Å². The first-order chi connectivity index (χ1) is 9.79. The minimum absolute atomic E-state index is 0.0245. The van der Waals surface area contributed by atoms with E-state index in [0.717, 1.165) is 19.6 Å². The standard InChI is InChI=1S/C15H28N2O2S/c1-2-19-14(13-5-3-4-6-13)7-8-16-15(18)17-9-12-10-20-11-12/h12-14H,2-11H2,1H3,(H2,16,17,18)/t14-/m1/s1. The van der Waals surface area contributed by atoms with Gasteiger partial charge in [0.05, 0.1) is 6.10 Å². The predicted octanol–water partition coefficient (Wildman–Crippen LogP) is 2.63. The SMILES string of the molecule is CCO[C@H](CCNC(=O)NCC1CSC1)C1CCCC1. The lowest BCUT2D eigenvalue weighted by atomic mass is 9.98. The van der Waals surface area contributed by atoms with Gasteiger partial charge >= 0.3 is 6.03 Å². The fourth-order valence-corrected chi connectivity index (χ4v) is 3.83. The van der Waals surface area contributed by atoms with Gasteiger partial charge in [-0.1, -0.05) is 12.8 Å². The summed E-state index contributed by atoms with van der Waals surface area (Å²) < 4.78 is 5.86. The number of amides is 2. The van der Waals surface area contributed by atoms with Crippen LogP contribution in [0.25, 0.3) is 0 Å². The Labute approximate surface area is 126 Å². The molecule has 0 aromatic rings. The summed E-state index contributed by atoms with van der Waals surface area (Å²) in [5.41, 5.74) is 0. The van der Waals surface area contributed by atoms with E-state index in [1.807, 2.05) is 11.8 Å². The van der Waals surface area contributed by atoms with E-state index in [9.17, 15) is 4.79 Å². The van der Waals surface area contributed by atoms with Crippen LogP contribution >= 0.6 is 11.8 Å². The Morgan fingerprint density at radius 2 is 2.05 bits per heavy atom. The number of rotatable bonds is 8. The maximum Gasteiger partial charge on any atom is 0.314 e. The lowest BCUT2D eigenvalue weighted by molar-refractivity contribution is 0.0167. The van der Waals surface area contributed by atoms with Gasteiger partial charge in [-0.25, -0.2) is 4.79 Å². The largest absolute Gasteiger partial charge is 0.378 e. The summed E-state index contributed by atoms with van der Waals surface area (Å²) in [5.74, 6) is 3.76. The molecule has 1 aliphatic heterocycles. The zero-order valence-electron chi connectivity index (χ0n) is 12.5. The molecule has 0 spiro atoms. The Morgan fingerprint density at radius 3 is 2.65 bits per heavy atom. The van der Waals surface area contributed by atoms with Crippen LogP contribution in [0, 0.1) is 11.8 Å². The molecule has 1 saturated carbocycles. The van der Waals surface area contributed by atoms with Crippen molar-refractivity contribution in [2.75, 3.05) is 31.2 Å². The minimum Gasteiger partial charge on any atom is -0.378 e. The number of ether oxygens (including phenoxy) is 1. The lowest BCUT2D eigenvalue weighted by Gasteiger charge is -2.25. The van der Waals surface area contributed by atoms with Crippen LogP contribution in [0.4, 0.5) is 4.79 Å². The molecular formula is C15H28N2O2S. The molecule has 0 aromatic heterocycles. The van der Waals surface area contributed by atoms with Crippen LogP contribution < -0.4 is 10.6 Å². The molecular weight excluding hydrogens is 272 g/mol. The number of thioether (sulfide) groups is 1. The first kappa shape index (κ1) is 16.0. The van der Waals surface area contributed by atoms with E-state index in [1.54, 1.807) is 0 Å². The summed E-state index contributed by atoms with van der Waals surface area (Å²) in [6, 6.07) is -0.0245. The second kappa shape index (κ2) is 8.78. The van der Waals surface area contributed by atoms with E-state index in [4.69, 9.17) is 4.74 Å². The normalized spacial score (nSPS) is 21.4. The van der Waals surface area contributed by atoms with E-state index in [2.05, 4.69) is 17.6 Å². The molecule has 20 heavy (non-hydrogen) atoms. The highest BCUT2D eigenvalue weighted by atomic mass is 32.2. The molecule has 5 heteroatoms. The number of carbonyl (C=O) groups excluding carboxylic acids is 1. The third-order valence-electron chi connectivity index (χ3n) is 4.28. The second-order valence-electron chi connectivity index (χ2n) is 5.87. The molecule has 2 N–H and O–H groups in total. The third kappa shape index (κ3) is 5.17. The quantitative estimate of drug-likeness (QED) is 0.724. The van der Waals surface area contributed by atoms with Crippen LogP contribution in [0.2, 0.25) is 0 Å². The summed E-state index contributed by atoms with van der Waals surface area (Å²) in [6.07, 6.45) is 6.51. The third-order valence-corrected chi connectivity index (χ3v) is 5.69. The zero-order valence-corrected chi connectivity index (χ0v) is 13.3. The molecule has 1 heterocycles. The van der Waals surface area contributed by atoms with Gasteiger partial charge in [-0.3, -0.25) is 0 Å². The van der Waals surface area contributed by atoms with Crippen LogP contribution in [0.5, 0.6) is 0 Å². The van der Waals surface area contributed by atoms with Crippen molar-refractivity contribution in [3.63, 3.8) is 0 Å². The van der Waals surface area contributed by atoms with Crippen molar-refractivity contribution in [1.82, 2.24) is 10.6 Å². The second-order valence-corrected chi connectivity index (χ2v) is 6.94. The van der Waals surface area contributed by atoms with Crippen molar-refractivity contribution >= 4 is 17.8 Å². The zero-order chi connectivity index (χ0) is 14.2. The van der Waals surface area contributed by atoms with Crippen LogP contribution in [-0.2, 0) is 4.74 Å². The highest BCUT2D eigenvalue weighted by Gasteiger charge is 2.25. The summed E-state index contributed by atoms with van der Waals surface area (Å²) in [4.78, 5) is 11.7. The highest BCUT2D eigenvalue weighted by Crippen LogP contribution is 2.30. The number of urea groups is 1. The van der Waals surface area contributed by atoms with Gasteiger partial charge in [-0.2, -0.15) is 11.8 Å². The monoisotopic (exact) mass is 300 g/mol. The molecule has 2 rings (SSSR count). The minimum atomic E-state index is -0.0245. The van der Waals surface area contributed by atoms with Gasteiger partial charge in [0.2, 0.25) is 0 Å². The first-order valence-electron chi connectivity index (χ1n) is 8.00. The van der Waals surface area contributed by atoms with Crippen molar-refractivity contribution in [3.05, 3.63) is 0 Å². The molecule has 2 aliphatic rings. The van der Waals surface area contributed by atoms with E-state index in [-0.39, 0.29) is 6.03 Å². The highest BCUT2D eigenvalue weighted by molar-refractivity contribution is 8.00. The van der Waals surface area contributed by atoms with E-state index in [1.165, 1.54) is 37.2 Å². The van der Waals surface area contributed by atoms with Crippen LogP contribution in [0.3, 0.4) is 0 Å². The summed E-state index contributed by atoms with van der Waals surface area (Å²) in [6.45, 7) is 4.36. The summed E-state index contributed by atoms with van der Waals surface area (Å²) in [7, 11) is 0. The van der Waals surface area contributed by atoms with Crippen molar-refractivity contribution in [3.8, 4) is 0 Å². The van der Waals surface area contributed by atoms with Gasteiger partial charge in [-0.05, 0) is 49.5 Å². The van der Waals surface area contributed by atoms with Crippen LogP contribution in [0.1, 0.15) is 39.0 Å². The van der Waals surface area contributed by atoms with E-state index < -0.39 is 0 Å². The smallest absolute Gasteiger partial charge is 0.314 e. The van der Waals surface area contributed by atoms with E-state index >= 15 is 0 Å². The molecule has 1 atom stereocenters. The fourth-order valence-electron chi connectivity index (χ4n) is 3.03. The molecule has 2 fully saturated rings. The van der Waals surface area contributed by atoms with Gasteiger partial charge in [0.15, 0.2) is 0 Å². The van der Waals surface area contributed by atoms with Crippen molar-refractivity contribution < 1.29 is 9.53 Å². The molecule has 2 amide bonds. The van der Waals surface area contributed by atoms with Crippen LogP contribution in [0.15, 0.2) is 0 Å². The average molecular weight is 300 g/mol. The predicted molar refractivity (Wildman–Crippen MR) is 84.2 cm³/mol. The Hall–Kier alpha value is -0.420. The van der Waals surface area contributed by atoms with Gasteiger partial charge in [0.1, 0.15) is 0 Å². The Kier molecular flexibility index (Phi) is 7.00. The maximum absolute atomic E-state index is 11.7. The summed E-state index contributed by atoms with van der Waals surface area (Å²) >= 11 is 1.95. The average Bonchev–Trinajstić information content (AvgIpc) is 2.89. The van der Waals surface area contributed by atoms with Gasteiger partial charge in [0, 0.05) is 19.7 Å². The number of carbonyl (C=O) groups is 1. The number of nitrogens with one attached hydrogen (secondary N) is 2. The molecule has 1 saturated heterocycles. The molecule has 0 radical (unpaired) electrons. The lowest BCUT2D eigenvalue weighted by Crippen LogP contribution is -2.42. The Balaban J connectivity index is 1.57. The number of hydrogen-bond acceptors (Lipinski definition) is 3. The molecule has 0 bridgehead atoms. The van der Waals surface area contributed by atoms with Crippen LogP contribution in [-0.4, -0.2) is 43.3 Å². The Morgan fingerprint density at radius 1 is 1.30 bits per heavy atom. The van der Waals surface area contributed by atoms with Gasteiger partial charge in [0.25, 0.3) is 0 Å². The fraction of sp³-hybridized carbons (Fsp3) is 0.933. The van der Waals surface area contributed by atoms with Gasteiger partial charge < -0.3 is 15.4 Å². The molecule has 0 aromatic carbocycles. The van der Waals surface area contributed by atoms with Gasteiger partial charge in [-0.15, -0.1) is 0 Å². The summed E-state index contributed by atoms with van der Waals surface area (Å²) in [5, 5.41) is 5.92. The molecule has 4 nitrogen and oxygen atoms in total. The first-order valence-corrected chi connectivity index (χ1v) is 9.16. The Bertz CT molecular complexity index is 292.